The van der Waals surface area contributed by atoms with Crippen molar-refractivity contribution < 1.29 is 9.53 Å². The molecule has 0 unspecified atom stereocenters. The van der Waals surface area contributed by atoms with Crippen molar-refractivity contribution in [2.45, 2.75) is 10.1 Å². The van der Waals surface area contributed by atoms with Gasteiger partial charge in [-0.2, -0.15) is 0 Å². The lowest BCUT2D eigenvalue weighted by Crippen LogP contribution is -2.20. The summed E-state index contributed by atoms with van der Waals surface area (Å²) in [6, 6.07) is 16.8. The Hall–Kier alpha value is -2.80. The van der Waals surface area contributed by atoms with Gasteiger partial charge in [-0.1, -0.05) is 18.2 Å². The molecule has 3 aromatic rings. The maximum absolute atomic E-state index is 11.9. The van der Waals surface area contributed by atoms with E-state index in [1.54, 1.807) is 6.33 Å². The molecule has 0 aliphatic carbocycles. The Morgan fingerprint density at radius 2 is 1.92 bits per heavy atom. The van der Waals surface area contributed by atoms with Crippen LogP contribution in [0.4, 0.5) is 5.69 Å². The number of hydrogen-bond acceptors (Lipinski definition) is 5. The number of anilines is 1. The molecule has 0 saturated carbocycles. The molecule has 6 nitrogen and oxygen atoms in total. The largest absolute Gasteiger partial charge is 0.484 e. The molecule has 1 N–H and O–H groups in total. The summed E-state index contributed by atoms with van der Waals surface area (Å²) in [4.78, 5) is 12.9. The van der Waals surface area contributed by atoms with E-state index >= 15 is 0 Å². The summed E-state index contributed by atoms with van der Waals surface area (Å²) < 4.78 is 7.26. The fourth-order valence-electron chi connectivity index (χ4n) is 1.94. The lowest BCUT2D eigenvalue weighted by atomic mass is 10.3. The van der Waals surface area contributed by atoms with E-state index in [0.717, 1.165) is 15.7 Å². The van der Waals surface area contributed by atoms with Gasteiger partial charge in [-0.25, -0.2) is 0 Å². The molecule has 0 aliphatic heterocycles. The van der Waals surface area contributed by atoms with Crippen molar-refractivity contribution in [3.63, 3.8) is 0 Å². The van der Waals surface area contributed by atoms with Crippen LogP contribution in [0.3, 0.4) is 0 Å². The molecule has 0 saturated heterocycles. The van der Waals surface area contributed by atoms with Gasteiger partial charge in [-0.3, -0.25) is 4.79 Å². The summed E-state index contributed by atoms with van der Waals surface area (Å²) >= 11 is 1.51. The second kappa shape index (κ2) is 7.65. The zero-order valence-electron chi connectivity index (χ0n) is 13.0. The molecule has 1 heterocycles. The third-order valence-corrected chi connectivity index (χ3v) is 4.19. The lowest BCUT2D eigenvalue weighted by molar-refractivity contribution is -0.118. The van der Waals surface area contributed by atoms with Crippen molar-refractivity contribution in [1.29, 1.82) is 0 Å². The van der Waals surface area contributed by atoms with Crippen molar-refractivity contribution >= 4 is 23.4 Å². The summed E-state index contributed by atoms with van der Waals surface area (Å²) in [5.74, 6) is 0.468. The molecule has 24 heavy (non-hydrogen) atoms. The average molecular weight is 340 g/mol. The molecule has 0 fully saturated rings. The van der Waals surface area contributed by atoms with E-state index in [2.05, 4.69) is 15.5 Å². The molecule has 0 spiro atoms. The van der Waals surface area contributed by atoms with Gasteiger partial charge in [0.1, 0.15) is 12.1 Å². The summed E-state index contributed by atoms with van der Waals surface area (Å²) in [6.07, 6.45) is 1.66. The fraction of sp³-hybridized carbons (Fsp3) is 0.118. The minimum absolute atomic E-state index is 0.0283. The van der Waals surface area contributed by atoms with Gasteiger partial charge in [0.25, 0.3) is 5.91 Å². The van der Waals surface area contributed by atoms with Crippen LogP contribution >= 0.6 is 11.8 Å². The SMILES string of the molecule is Cn1cnnc1Sc1ccc(NC(=O)COc2ccccc2)cc1. The molecule has 1 amide bonds. The Kier molecular flexibility index (Phi) is 5.12. The van der Waals surface area contributed by atoms with Crippen LogP contribution in [0, 0.1) is 0 Å². The topological polar surface area (TPSA) is 69.0 Å². The Morgan fingerprint density at radius 1 is 1.17 bits per heavy atom. The third kappa shape index (κ3) is 4.36. The Bertz CT molecular complexity index is 803. The summed E-state index contributed by atoms with van der Waals surface area (Å²) in [7, 11) is 1.89. The minimum Gasteiger partial charge on any atom is -0.484 e. The van der Waals surface area contributed by atoms with Gasteiger partial charge in [0.2, 0.25) is 0 Å². The number of rotatable bonds is 6. The maximum Gasteiger partial charge on any atom is 0.262 e. The molecule has 2 aromatic carbocycles. The molecule has 1 aromatic heterocycles. The number of carbonyl (C=O) groups is 1. The quantitative estimate of drug-likeness (QED) is 0.747. The van der Waals surface area contributed by atoms with Crippen molar-refractivity contribution in [1.82, 2.24) is 14.8 Å². The molecule has 0 atom stereocenters. The molecule has 3 rings (SSSR count). The molecule has 0 aliphatic rings. The number of aromatic nitrogens is 3. The lowest BCUT2D eigenvalue weighted by Gasteiger charge is -2.08. The molecule has 7 heteroatoms. The van der Waals surface area contributed by atoms with Crippen LogP contribution in [-0.4, -0.2) is 27.3 Å². The second-order valence-corrected chi connectivity index (χ2v) is 6.04. The highest BCUT2D eigenvalue weighted by molar-refractivity contribution is 7.99. The summed E-state index contributed by atoms with van der Waals surface area (Å²) in [5, 5.41) is 11.5. The monoisotopic (exact) mass is 340 g/mol. The number of ether oxygens (including phenoxy) is 1. The Balaban J connectivity index is 1.52. The first-order valence-electron chi connectivity index (χ1n) is 7.30. The molecular formula is C17H16N4O2S. The summed E-state index contributed by atoms with van der Waals surface area (Å²) in [5.41, 5.74) is 0.721. The van der Waals surface area contributed by atoms with E-state index in [-0.39, 0.29) is 12.5 Å². The Morgan fingerprint density at radius 3 is 2.58 bits per heavy atom. The van der Waals surface area contributed by atoms with Crippen LogP contribution < -0.4 is 10.1 Å². The van der Waals surface area contributed by atoms with E-state index in [1.807, 2.05) is 66.2 Å². The average Bonchev–Trinajstić information content (AvgIpc) is 3.01. The second-order valence-electron chi connectivity index (χ2n) is 5.00. The fourth-order valence-corrected chi connectivity index (χ4v) is 2.70. The standard InChI is InChI=1S/C17H16N4O2S/c1-21-12-18-20-17(21)24-15-9-7-13(8-10-15)19-16(22)11-23-14-5-3-2-4-6-14/h2-10,12H,11H2,1H3,(H,19,22). The van der Waals surface area contributed by atoms with Gasteiger partial charge in [0.15, 0.2) is 11.8 Å². The van der Waals surface area contributed by atoms with Crippen molar-refractivity contribution in [3.8, 4) is 5.75 Å². The highest BCUT2D eigenvalue weighted by Crippen LogP contribution is 2.26. The predicted octanol–water partition coefficient (Wildman–Crippen LogP) is 2.98. The molecule has 122 valence electrons. The Labute approximate surface area is 143 Å². The maximum atomic E-state index is 11.9. The van der Waals surface area contributed by atoms with E-state index in [9.17, 15) is 4.79 Å². The number of hydrogen-bond donors (Lipinski definition) is 1. The summed E-state index contributed by atoms with van der Waals surface area (Å²) in [6.45, 7) is -0.0283. The third-order valence-electron chi connectivity index (χ3n) is 3.13. The van der Waals surface area contributed by atoms with E-state index in [1.165, 1.54) is 11.8 Å². The smallest absolute Gasteiger partial charge is 0.262 e. The number of nitrogens with one attached hydrogen (secondary N) is 1. The first-order chi connectivity index (χ1) is 11.7. The number of para-hydroxylation sites is 1. The van der Waals surface area contributed by atoms with Gasteiger partial charge < -0.3 is 14.6 Å². The molecule has 0 radical (unpaired) electrons. The van der Waals surface area contributed by atoms with Gasteiger partial charge in [-0.05, 0) is 48.2 Å². The molecular weight excluding hydrogens is 324 g/mol. The van der Waals surface area contributed by atoms with Crippen LogP contribution in [-0.2, 0) is 11.8 Å². The number of nitrogens with zero attached hydrogens (tertiary/aromatic N) is 3. The van der Waals surface area contributed by atoms with Gasteiger partial charge in [0, 0.05) is 17.6 Å². The normalized spacial score (nSPS) is 10.4. The van der Waals surface area contributed by atoms with Crippen LogP contribution in [0.25, 0.3) is 0 Å². The van der Waals surface area contributed by atoms with Crippen LogP contribution in [0.1, 0.15) is 0 Å². The highest BCUT2D eigenvalue weighted by Gasteiger charge is 2.06. The molecule has 0 bridgehead atoms. The van der Waals surface area contributed by atoms with Crippen molar-refractivity contribution in [2.75, 3.05) is 11.9 Å². The number of amides is 1. The zero-order valence-corrected chi connectivity index (χ0v) is 13.9. The van der Waals surface area contributed by atoms with Crippen LogP contribution in [0.15, 0.2) is 71.0 Å². The zero-order chi connectivity index (χ0) is 16.8. The van der Waals surface area contributed by atoms with Crippen LogP contribution in [0.5, 0.6) is 5.75 Å². The van der Waals surface area contributed by atoms with Crippen molar-refractivity contribution in [2.24, 2.45) is 7.05 Å². The van der Waals surface area contributed by atoms with E-state index < -0.39 is 0 Å². The first kappa shape index (κ1) is 16.1. The number of aryl methyl sites for hydroxylation is 1. The van der Waals surface area contributed by atoms with Crippen molar-refractivity contribution in [3.05, 3.63) is 60.9 Å². The number of benzene rings is 2. The van der Waals surface area contributed by atoms with Gasteiger partial charge in [0.05, 0.1) is 0 Å². The van der Waals surface area contributed by atoms with Gasteiger partial charge in [-0.15, -0.1) is 10.2 Å². The predicted molar refractivity (Wildman–Crippen MR) is 92.1 cm³/mol. The van der Waals surface area contributed by atoms with Gasteiger partial charge >= 0.3 is 0 Å². The highest BCUT2D eigenvalue weighted by atomic mass is 32.2. The van der Waals surface area contributed by atoms with Crippen LogP contribution in [0.2, 0.25) is 0 Å². The minimum atomic E-state index is -0.201. The van der Waals surface area contributed by atoms with E-state index in [4.69, 9.17) is 4.74 Å². The number of carbonyl (C=O) groups excluding carboxylic acids is 1. The van der Waals surface area contributed by atoms with E-state index in [0.29, 0.717) is 5.75 Å². The first-order valence-corrected chi connectivity index (χ1v) is 8.12.